The fourth-order valence-corrected chi connectivity index (χ4v) is 3.28. The minimum Gasteiger partial charge on any atom is -0.312 e. The highest BCUT2D eigenvalue weighted by atomic mass is 16.2. The van der Waals surface area contributed by atoms with Crippen LogP contribution in [-0.4, -0.2) is 37.5 Å². The zero-order valence-electron chi connectivity index (χ0n) is 17.2. The molecule has 0 unspecified atom stereocenters. The Kier molecular flexibility index (Phi) is 9.06. The molecule has 0 heterocycles. The van der Waals surface area contributed by atoms with Gasteiger partial charge in [0.2, 0.25) is 5.91 Å². The molecule has 0 aliphatic heterocycles. The molecule has 146 valence electrons. The van der Waals surface area contributed by atoms with Crippen molar-refractivity contribution < 1.29 is 4.79 Å². The molecule has 0 fully saturated rings. The maximum Gasteiger partial charge on any atom is 0.226 e. The van der Waals surface area contributed by atoms with Crippen molar-refractivity contribution in [3.05, 3.63) is 65.7 Å². The van der Waals surface area contributed by atoms with Gasteiger partial charge < -0.3 is 9.80 Å². The van der Waals surface area contributed by atoms with E-state index in [1.807, 2.05) is 17.0 Å². The highest BCUT2D eigenvalue weighted by molar-refractivity contribution is 5.94. The lowest BCUT2D eigenvalue weighted by Gasteiger charge is -2.26. The Labute approximate surface area is 165 Å². The van der Waals surface area contributed by atoms with Crippen LogP contribution in [0.15, 0.2) is 54.6 Å². The number of hydrogen-bond acceptors (Lipinski definition) is 2. The first-order chi connectivity index (χ1) is 13.1. The summed E-state index contributed by atoms with van der Waals surface area (Å²) in [6.45, 7) is 7.03. The molecule has 0 saturated heterocycles. The largest absolute Gasteiger partial charge is 0.312 e. The van der Waals surface area contributed by atoms with E-state index in [1.54, 1.807) is 0 Å². The molecule has 0 spiro atoms. The van der Waals surface area contributed by atoms with Crippen molar-refractivity contribution in [1.29, 1.82) is 0 Å². The van der Waals surface area contributed by atoms with E-state index >= 15 is 0 Å². The van der Waals surface area contributed by atoms with Crippen molar-refractivity contribution in [2.24, 2.45) is 0 Å². The predicted molar refractivity (Wildman–Crippen MR) is 115 cm³/mol. The summed E-state index contributed by atoms with van der Waals surface area (Å²) in [5, 5.41) is 0. The van der Waals surface area contributed by atoms with Gasteiger partial charge in [0.15, 0.2) is 0 Å². The molecule has 0 aromatic heterocycles. The summed E-state index contributed by atoms with van der Waals surface area (Å²) in [5.74, 6) is 0.248. The van der Waals surface area contributed by atoms with Gasteiger partial charge in [-0.1, -0.05) is 61.9 Å². The second kappa shape index (κ2) is 11.6. The summed E-state index contributed by atoms with van der Waals surface area (Å²) in [4.78, 5) is 17.1. The maximum atomic E-state index is 12.8. The monoisotopic (exact) mass is 366 g/mol. The third-order valence-electron chi connectivity index (χ3n) is 5.00. The van der Waals surface area contributed by atoms with E-state index in [2.05, 4.69) is 68.3 Å². The van der Waals surface area contributed by atoms with Gasteiger partial charge in [-0.2, -0.15) is 0 Å². The van der Waals surface area contributed by atoms with Gasteiger partial charge in [-0.3, -0.25) is 4.79 Å². The third kappa shape index (κ3) is 7.18. The summed E-state index contributed by atoms with van der Waals surface area (Å²) in [5.41, 5.74) is 3.60. The average Bonchev–Trinajstić information content (AvgIpc) is 2.69. The Morgan fingerprint density at radius 1 is 0.889 bits per heavy atom. The van der Waals surface area contributed by atoms with Crippen molar-refractivity contribution in [3.8, 4) is 0 Å². The number of carbonyl (C=O) groups is 1. The molecule has 2 aromatic carbocycles. The molecule has 3 nitrogen and oxygen atoms in total. The fraction of sp³-hybridized carbons (Fsp3) is 0.458. The minimum absolute atomic E-state index is 0.248. The Morgan fingerprint density at radius 3 is 2.30 bits per heavy atom. The van der Waals surface area contributed by atoms with E-state index in [0.29, 0.717) is 6.42 Å². The summed E-state index contributed by atoms with van der Waals surface area (Å²) in [6.07, 6.45) is 4.69. The topological polar surface area (TPSA) is 23.6 Å². The summed E-state index contributed by atoms with van der Waals surface area (Å²) in [7, 11) is 2.17. The van der Waals surface area contributed by atoms with E-state index in [9.17, 15) is 4.79 Å². The molecule has 2 rings (SSSR count). The van der Waals surface area contributed by atoms with Crippen LogP contribution in [0.2, 0.25) is 0 Å². The van der Waals surface area contributed by atoms with Gasteiger partial charge >= 0.3 is 0 Å². The minimum atomic E-state index is 0.248. The maximum absolute atomic E-state index is 12.8. The van der Waals surface area contributed by atoms with E-state index in [-0.39, 0.29) is 5.91 Å². The molecule has 0 atom stereocenters. The summed E-state index contributed by atoms with van der Waals surface area (Å²) >= 11 is 0. The number of amides is 1. The number of anilines is 1. The van der Waals surface area contributed by atoms with E-state index < -0.39 is 0 Å². The van der Waals surface area contributed by atoms with Gasteiger partial charge in [0.1, 0.15) is 0 Å². The predicted octanol–water partition coefficient (Wildman–Crippen LogP) is 5.08. The van der Waals surface area contributed by atoms with Crippen LogP contribution in [0.4, 0.5) is 5.69 Å². The molecule has 0 aliphatic rings. The number of para-hydroxylation sites is 1. The number of unbranched alkanes of at least 4 members (excludes halogenated alkanes) is 1. The van der Waals surface area contributed by atoms with Crippen LogP contribution in [-0.2, 0) is 11.2 Å². The molecule has 0 N–H and O–H groups in total. The second-order valence-electron chi connectivity index (χ2n) is 7.33. The molecule has 27 heavy (non-hydrogen) atoms. The van der Waals surface area contributed by atoms with Gasteiger partial charge in [0.25, 0.3) is 0 Å². The van der Waals surface area contributed by atoms with Gasteiger partial charge in [-0.25, -0.2) is 0 Å². The van der Waals surface area contributed by atoms with E-state index in [0.717, 1.165) is 51.0 Å². The van der Waals surface area contributed by atoms with Crippen molar-refractivity contribution in [1.82, 2.24) is 4.90 Å². The number of hydrogen-bond donors (Lipinski definition) is 0. The second-order valence-corrected chi connectivity index (χ2v) is 7.33. The normalized spacial score (nSPS) is 11.0. The fourth-order valence-electron chi connectivity index (χ4n) is 3.28. The smallest absolute Gasteiger partial charge is 0.226 e. The van der Waals surface area contributed by atoms with Crippen LogP contribution < -0.4 is 4.90 Å². The van der Waals surface area contributed by atoms with Crippen molar-refractivity contribution in [3.63, 3.8) is 0 Å². The molecule has 0 radical (unpaired) electrons. The van der Waals surface area contributed by atoms with Gasteiger partial charge in [0, 0.05) is 25.2 Å². The Morgan fingerprint density at radius 2 is 1.59 bits per heavy atom. The molecular weight excluding hydrogens is 332 g/mol. The van der Waals surface area contributed by atoms with Crippen LogP contribution in [0.3, 0.4) is 0 Å². The third-order valence-corrected chi connectivity index (χ3v) is 5.00. The van der Waals surface area contributed by atoms with Gasteiger partial charge in [-0.05, 0) is 57.0 Å². The van der Waals surface area contributed by atoms with E-state index in [4.69, 9.17) is 0 Å². The Balaban J connectivity index is 1.87. The molecule has 2 aromatic rings. The molecule has 1 amide bonds. The van der Waals surface area contributed by atoms with Crippen molar-refractivity contribution in [2.75, 3.05) is 31.6 Å². The number of nitrogens with zero attached hydrogens (tertiary/aromatic N) is 2. The number of benzene rings is 2. The van der Waals surface area contributed by atoms with Crippen LogP contribution in [0, 0.1) is 6.92 Å². The number of likely N-dealkylation sites (N-methyl/N-ethyl adjacent to an activating group) is 1. The van der Waals surface area contributed by atoms with E-state index in [1.165, 1.54) is 11.1 Å². The summed E-state index contributed by atoms with van der Waals surface area (Å²) < 4.78 is 0. The number of rotatable bonds is 11. The first-order valence-corrected chi connectivity index (χ1v) is 10.2. The Hall–Kier alpha value is -2.13. The molecule has 0 saturated carbocycles. The quantitative estimate of drug-likeness (QED) is 0.553. The lowest BCUT2D eigenvalue weighted by Crippen LogP contribution is -2.34. The average molecular weight is 367 g/mol. The van der Waals surface area contributed by atoms with Crippen LogP contribution in [0.25, 0.3) is 0 Å². The van der Waals surface area contributed by atoms with Crippen LogP contribution in [0.5, 0.6) is 0 Å². The molecule has 0 bridgehead atoms. The lowest BCUT2D eigenvalue weighted by atomic mass is 10.1. The molecule has 0 aliphatic carbocycles. The van der Waals surface area contributed by atoms with Gasteiger partial charge in [0.05, 0.1) is 0 Å². The first-order valence-electron chi connectivity index (χ1n) is 10.2. The Bertz CT molecular complexity index is 684. The highest BCUT2D eigenvalue weighted by Gasteiger charge is 2.16. The van der Waals surface area contributed by atoms with Crippen LogP contribution >= 0.6 is 0 Å². The van der Waals surface area contributed by atoms with Gasteiger partial charge in [-0.15, -0.1) is 0 Å². The summed E-state index contributed by atoms with van der Waals surface area (Å²) in [6, 6.07) is 18.8. The standard InChI is InChI=1S/C24H34N2O/c1-4-5-16-24(27)26(23-15-10-9-12-21(23)2)19-11-18-25(3)20-17-22-13-7-6-8-14-22/h6-10,12-15H,4-5,11,16-20H2,1-3H3. The zero-order chi connectivity index (χ0) is 19.5. The molecule has 3 heteroatoms. The number of aryl methyl sites for hydroxylation is 1. The van der Waals surface area contributed by atoms with Crippen molar-refractivity contribution >= 4 is 11.6 Å². The van der Waals surface area contributed by atoms with Crippen molar-refractivity contribution in [2.45, 2.75) is 46.0 Å². The zero-order valence-corrected chi connectivity index (χ0v) is 17.2. The lowest BCUT2D eigenvalue weighted by molar-refractivity contribution is -0.118. The first kappa shape index (κ1) is 21.2. The highest BCUT2D eigenvalue weighted by Crippen LogP contribution is 2.21. The SMILES string of the molecule is CCCCC(=O)N(CCCN(C)CCc1ccccc1)c1ccccc1C. The molecular formula is C24H34N2O. The van der Waals surface area contributed by atoms with Crippen LogP contribution in [0.1, 0.15) is 43.7 Å². The number of carbonyl (C=O) groups excluding carboxylic acids is 1.